The van der Waals surface area contributed by atoms with Gasteiger partial charge in [-0.25, -0.2) is 0 Å². The van der Waals surface area contributed by atoms with Gasteiger partial charge >= 0.3 is 0 Å². The first-order valence-corrected chi connectivity index (χ1v) is 9.46. The maximum Gasteiger partial charge on any atom is 0.221 e. The van der Waals surface area contributed by atoms with E-state index in [1.165, 1.54) is 25.7 Å². The van der Waals surface area contributed by atoms with Crippen LogP contribution in [0.15, 0.2) is 0 Å². The number of likely N-dealkylation sites (tertiary alicyclic amines) is 2. The van der Waals surface area contributed by atoms with Crippen molar-refractivity contribution in [3.63, 3.8) is 0 Å². The van der Waals surface area contributed by atoms with Crippen LogP contribution in [0.25, 0.3) is 0 Å². The Labute approximate surface area is 139 Å². The summed E-state index contributed by atoms with van der Waals surface area (Å²) in [5, 5.41) is 3.18. The monoisotopic (exact) mass is 321 g/mol. The lowest BCUT2D eigenvalue weighted by Crippen LogP contribution is -2.48. The summed E-state index contributed by atoms with van der Waals surface area (Å²) in [5.74, 6) is 0.413. The van der Waals surface area contributed by atoms with Gasteiger partial charge in [-0.05, 0) is 45.1 Å². The molecule has 5 nitrogen and oxygen atoms in total. The Bertz CT molecular complexity index is 434. The van der Waals surface area contributed by atoms with Gasteiger partial charge in [-0.2, -0.15) is 0 Å². The third kappa shape index (κ3) is 4.06. The Morgan fingerprint density at radius 3 is 2.39 bits per heavy atom. The zero-order valence-electron chi connectivity index (χ0n) is 14.4. The molecule has 2 atom stereocenters. The number of hydrogen-bond acceptors (Lipinski definition) is 3. The Kier molecular flexibility index (Phi) is 5.57. The van der Waals surface area contributed by atoms with Crippen LogP contribution in [0.3, 0.4) is 0 Å². The summed E-state index contributed by atoms with van der Waals surface area (Å²) in [6, 6.07) is 1.24. The quantitative estimate of drug-likeness (QED) is 0.841. The Morgan fingerprint density at radius 2 is 1.65 bits per heavy atom. The van der Waals surface area contributed by atoms with Crippen molar-refractivity contribution < 1.29 is 9.59 Å². The molecule has 0 spiro atoms. The Balaban J connectivity index is 1.48. The second-order valence-electron chi connectivity index (χ2n) is 7.47. The molecule has 0 unspecified atom stereocenters. The highest BCUT2D eigenvalue weighted by Gasteiger charge is 2.38. The van der Waals surface area contributed by atoms with E-state index in [-0.39, 0.29) is 11.8 Å². The molecule has 23 heavy (non-hydrogen) atoms. The smallest absolute Gasteiger partial charge is 0.221 e. The van der Waals surface area contributed by atoms with E-state index in [1.54, 1.807) is 6.92 Å². The van der Waals surface area contributed by atoms with Gasteiger partial charge in [-0.1, -0.05) is 12.8 Å². The molecule has 2 aliphatic heterocycles. The molecule has 2 saturated heterocycles. The van der Waals surface area contributed by atoms with E-state index >= 15 is 0 Å². The number of hydrogen-bond donors (Lipinski definition) is 1. The molecule has 0 aromatic heterocycles. The summed E-state index contributed by atoms with van der Waals surface area (Å²) in [4.78, 5) is 28.5. The van der Waals surface area contributed by atoms with E-state index in [1.807, 2.05) is 0 Å². The SMILES string of the molecule is CC(=O)N1CCC[C@@H]1[C@@H]1CCCN1CCC(=O)NC1CCCC1. The molecule has 0 bridgehead atoms. The minimum absolute atomic E-state index is 0.206. The highest BCUT2D eigenvalue weighted by atomic mass is 16.2. The molecular weight excluding hydrogens is 290 g/mol. The molecule has 2 heterocycles. The van der Waals surface area contributed by atoms with Crippen LogP contribution in [-0.4, -0.2) is 59.4 Å². The average molecular weight is 321 g/mol. The molecule has 3 rings (SSSR count). The van der Waals surface area contributed by atoms with Crippen molar-refractivity contribution in [2.24, 2.45) is 0 Å². The number of rotatable bonds is 5. The van der Waals surface area contributed by atoms with Gasteiger partial charge < -0.3 is 10.2 Å². The van der Waals surface area contributed by atoms with Crippen molar-refractivity contribution in [3.8, 4) is 0 Å². The number of nitrogens with zero attached hydrogens (tertiary/aromatic N) is 2. The molecule has 1 saturated carbocycles. The summed E-state index contributed by atoms with van der Waals surface area (Å²) < 4.78 is 0. The first kappa shape index (κ1) is 16.7. The average Bonchev–Trinajstić information content (AvgIpc) is 3.25. The summed E-state index contributed by atoms with van der Waals surface area (Å²) >= 11 is 0. The molecular formula is C18H31N3O2. The molecule has 0 aromatic carbocycles. The lowest BCUT2D eigenvalue weighted by Gasteiger charge is -2.34. The van der Waals surface area contributed by atoms with Crippen LogP contribution < -0.4 is 5.32 Å². The van der Waals surface area contributed by atoms with Crippen molar-refractivity contribution in [1.82, 2.24) is 15.1 Å². The summed E-state index contributed by atoms with van der Waals surface area (Å²) in [6.07, 6.45) is 9.99. The van der Waals surface area contributed by atoms with E-state index in [0.717, 1.165) is 45.3 Å². The molecule has 5 heteroatoms. The largest absolute Gasteiger partial charge is 0.353 e. The standard InChI is InChI=1S/C18H31N3O2/c1-14(22)21-12-5-9-17(21)16-8-4-11-20(16)13-10-18(23)19-15-6-2-3-7-15/h15-17H,2-13H2,1H3,(H,19,23)/t16-,17+/m0/s1. The number of amides is 2. The zero-order valence-corrected chi connectivity index (χ0v) is 14.4. The van der Waals surface area contributed by atoms with Crippen LogP contribution in [0.5, 0.6) is 0 Å². The number of nitrogens with one attached hydrogen (secondary N) is 1. The Morgan fingerprint density at radius 1 is 0.957 bits per heavy atom. The number of carbonyl (C=O) groups is 2. The van der Waals surface area contributed by atoms with Crippen molar-refractivity contribution >= 4 is 11.8 Å². The lowest BCUT2D eigenvalue weighted by molar-refractivity contribution is -0.131. The molecule has 1 aliphatic carbocycles. The highest BCUT2D eigenvalue weighted by molar-refractivity contribution is 5.76. The summed E-state index contributed by atoms with van der Waals surface area (Å²) in [6.45, 7) is 4.51. The lowest BCUT2D eigenvalue weighted by atomic mass is 10.0. The minimum atomic E-state index is 0.206. The predicted molar refractivity (Wildman–Crippen MR) is 90.0 cm³/mol. The fourth-order valence-electron chi connectivity index (χ4n) is 4.76. The van der Waals surface area contributed by atoms with Gasteiger partial charge in [-0.15, -0.1) is 0 Å². The van der Waals surface area contributed by atoms with E-state index < -0.39 is 0 Å². The fourth-order valence-corrected chi connectivity index (χ4v) is 4.76. The van der Waals surface area contributed by atoms with Crippen molar-refractivity contribution in [2.75, 3.05) is 19.6 Å². The zero-order chi connectivity index (χ0) is 16.2. The molecule has 1 N–H and O–H groups in total. The first-order chi connectivity index (χ1) is 11.1. The van der Waals surface area contributed by atoms with Crippen molar-refractivity contribution in [3.05, 3.63) is 0 Å². The van der Waals surface area contributed by atoms with Crippen LogP contribution in [0.4, 0.5) is 0 Å². The maximum absolute atomic E-state index is 12.2. The highest BCUT2D eigenvalue weighted by Crippen LogP contribution is 2.30. The Hall–Kier alpha value is -1.10. The maximum atomic E-state index is 12.2. The van der Waals surface area contributed by atoms with Gasteiger partial charge in [0.1, 0.15) is 0 Å². The van der Waals surface area contributed by atoms with Gasteiger partial charge in [0.05, 0.1) is 0 Å². The second kappa shape index (κ2) is 7.65. The van der Waals surface area contributed by atoms with Gasteiger partial charge in [0, 0.05) is 44.6 Å². The third-order valence-electron chi connectivity index (χ3n) is 5.91. The number of carbonyl (C=O) groups excluding carboxylic acids is 2. The molecule has 3 fully saturated rings. The molecule has 2 amide bonds. The topological polar surface area (TPSA) is 52.7 Å². The van der Waals surface area contributed by atoms with E-state index in [9.17, 15) is 9.59 Å². The van der Waals surface area contributed by atoms with Crippen LogP contribution in [-0.2, 0) is 9.59 Å². The molecule has 130 valence electrons. The third-order valence-corrected chi connectivity index (χ3v) is 5.91. The van der Waals surface area contributed by atoms with E-state index in [2.05, 4.69) is 15.1 Å². The summed E-state index contributed by atoms with van der Waals surface area (Å²) in [5.41, 5.74) is 0. The normalized spacial score (nSPS) is 29.3. The summed E-state index contributed by atoms with van der Waals surface area (Å²) in [7, 11) is 0. The second-order valence-corrected chi connectivity index (χ2v) is 7.47. The van der Waals surface area contributed by atoms with Gasteiger partial charge in [0.2, 0.25) is 11.8 Å². The molecule has 0 radical (unpaired) electrons. The van der Waals surface area contributed by atoms with Crippen LogP contribution in [0, 0.1) is 0 Å². The van der Waals surface area contributed by atoms with Crippen LogP contribution in [0.2, 0.25) is 0 Å². The predicted octanol–water partition coefficient (Wildman–Crippen LogP) is 1.91. The van der Waals surface area contributed by atoms with Gasteiger partial charge in [-0.3, -0.25) is 14.5 Å². The van der Waals surface area contributed by atoms with E-state index in [4.69, 9.17) is 0 Å². The van der Waals surface area contributed by atoms with Crippen molar-refractivity contribution in [1.29, 1.82) is 0 Å². The fraction of sp³-hybridized carbons (Fsp3) is 0.889. The molecule has 0 aromatic rings. The molecule has 3 aliphatic rings. The van der Waals surface area contributed by atoms with E-state index in [0.29, 0.717) is 24.5 Å². The van der Waals surface area contributed by atoms with Crippen molar-refractivity contribution in [2.45, 2.75) is 82.8 Å². The van der Waals surface area contributed by atoms with Crippen LogP contribution in [0.1, 0.15) is 64.7 Å². The van der Waals surface area contributed by atoms with Gasteiger partial charge in [0.15, 0.2) is 0 Å². The minimum Gasteiger partial charge on any atom is -0.353 e. The van der Waals surface area contributed by atoms with Gasteiger partial charge in [0.25, 0.3) is 0 Å². The first-order valence-electron chi connectivity index (χ1n) is 9.46. The van der Waals surface area contributed by atoms with Crippen LogP contribution >= 0.6 is 0 Å².